The fraction of sp³-hybridized carbons (Fsp3) is 0.526. The summed E-state index contributed by atoms with van der Waals surface area (Å²) in [5, 5.41) is 4.12. The zero-order valence-electron chi connectivity index (χ0n) is 15.4. The number of aromatic nitrogens is 2. The summed E-state index contributed by atoms with van der Waals surface area (Å²) in [6.45, 7) is 6.03. The Hall–Kier alpha value is -1.92. The second-order valence-electron chi connectivity index (χ2n) is 6.79. The van der Waals surface area contributed by atoms with Crippen molar-refractivity contribution in [1.82, 2.24) is 15.0 Å². The van der Waals surface area contributed by atoms with Gasteiger partial charge in [-0.15, -0.1) is 12.4 Å². The van der Waals surface area contributed by atoms with Gasteiger partial charge in [-0.25, -0.2) is 0 Å². The molecule has 0 aliphatic carbocycles. The van der Waals surface area contributed by atoms with Gasteiger partial charge in [-0.1, -0.05) is 43.3 Å². The number of benzene rings is 1. The summed E-state index contributed by atoms with van der Waals surface area (Å²) in [6.07, 6.45) is 2.80. The van der Waals surface area contributed by atoms with Crippen LogP contribution in [-0.2, 0) is 11.3 Å². The summed E-state index contributed by atoms with van der Waals surface area (Å²) in [5.41, 5.74) is 7.61. The third-order valence-electron chi connectivity index (χ3n) is 5.01. The largest absolute Gasteiger partial charge is 0.342 e. The van der Waals surface area contributed by atoms with Crippen LogP contribution in [0.1, 0.15) is 50.5 Å². The average Bonchev–Trinajstić information content (AvgIpc) is 3.17. The minimum Gasteiger partial charge on any atom is -0.342 e. The molecule has 0 spiro atoms. The highest BCUT2D eigenvalue weighted by atomic mass is 35.5. The Morgan fingerprint density at radius 2 is 2.12 bits per heavy atom. The van der Waals surface area contributed by atoms with Gasteiger partial charge in [0.25, 0.3) is 0 Å². The SMILES string of the molecule is CCC(C)C(=O)N1CCCC(c2nc(-c3ccc(CN)cc3)no2)C1.Cl. The van der Waals surface area contributed by atoms with Crippen LogP contribution >= 0.6 is 12.4 Å². The molecule has 2 unspecified atom stereocenters. The molecule has 26 heavy (non-hydrogen) atoms. The highest BCUT2D eigenvalue weighted by Crippen LogP contribution is 2.28. The van der Waals surface area contributed by atoms with Gasteiger partial charge in [-0.2, -0.15) is 4.98 Å². The predicted octanol–water partition coefficient (Wildman–Crippen LogP) is 3.37. The lowest BCUT2D eigenvalue weighted by Gasteiger charge is -2.32. The van der Waals surface area contributed by atoms with Crippen LogP contribution in [0.2, 0.25) is 0 Å². The number of piperidine rings is 1. The fourth-order valence-electron chi connectivity index (χ4n) is 3.17. The monoisotopic (exact) mass is 378 g/mol. The van der Waals surface area contributed by atoms with Crippen LogP contribution in [0.15, 0.2) is 28.8 Å². The van der Waals surface area contributed by atoms with E-state index in [1.165, 1.54) is 0 Å². The molecule has 6 nitrogen and oxygen atoms in total. The minimum absolute atomic E-state index is 0. The first-order chi connectivity index (χ1) is 12.1. The highest BCUT2D eigenvalue weighted by molar-refractivity contribution is 5.85. The second-order valence-corrected chi connectivity index (χ2v) is 6.79. The molecule has 7 heteroatoms. The van der Waals surface area contributed by atoms with E-state index in [1.807, 2.05) is 43.0 Å². The Labute approximate surface area is 160 Å². The number of nitrogens with zero attached hydrogens (tertiary/aromatic N) is 3. The van der Waals surface area contributed by atoms with Gasteiger partial charge in [0.1, 0.15) is 0 Å². The smallest absolute Gasteiger partial charge is 0.231 e. The zero-order valence-corrected chi connectivity index (χ0v) is 16.2. The molecule has 0 bridgehead atoms. The molecule has 2 aromatic rings. The topological polar surface area (TPSA) is 85.2 Å². The molecule has 142 valence electrons. The molecule has 1 aromatic carbocycles. The first-order valence-electron chi connectivity index (χ1n) is 9.04. The van der Waals surface area contributed by atoms with Crippen LogP contribution in [0, 0.1) is 5.92 Å². The summed E-state index contributed by atoms with van der Waals surface area (Å²) in [7, 11) is 0. The summed E-state index contributed by atoms with van der Waals surface area (Å²) < 4.78 is 5.51. The number of hydrogen-bond donors (Lipinski definition) is 1. The van der Waals surface area contributed by atoms with E-state index in [1.54, 1.807) is 0 Å². The van der Waals surface area contributed by atoms with Crippen molar-refractivity contribution >= 4 is 18.3 Å². The van der Waals surface area contributed by atoms with Crippen LogP contribution < -0.4 is 5.73 Å². The van der Waals surface area contributed by atoms with Gasteiger partial charge < -0.3 is 15.2 Å². The van der Waals surface area contributed by atoms with E-state index in [9.17, 15) is 4.79 Å². The van der Waals surface area contributed by atoms with Crippen molar-refractivity contribution in [3.8, 4) is 11.4 Å². The van der Waals surface area contributed by atoms with E-state index < -0.39 is 0 Å². The molecule has 2 N–H and O–H groups in total. The standard InChI is InChI=1S/C19H26N4O2.ClH/c1-3-13(2)19(24)23-10-4-5-16(12-23)18-21-17(22-25-18)15-8-6-14(11-20)7-9-15;/h6-9,13,16H,3-5,10-12,20H2,1-2H3;1H. The van der Waals surface area contributed by atoms with Gasteiger partial charge in [0.2, 0.25) is 17.6 Å². The molecular formula is C19H27ClN4O2. The van der Waals surface area contributed by atoms with Gasteiger partial charge in [0, 0.05) is 31.1 Å². The molecule has 2 atom stereocenters. The molecule has 0 saturated carbocycles. The number of halogens is 1. The van der Waals surface area contributed by atoms with Crippen LogP contribution in [0.4, 0.5) is 0 Å². The maximum atomic E-state index is 12.4. The number of likely N-dealkylation sites (tertiary alicyclic amines) is 1. The third-order valence-corrected chi connectivity index (χ3v) is 5.01. The van der Waals surface area contributed by atoms with Crippen molar-refractivity contribution in [3.05, 3.63) is 35.7 Å². The Kier molecular flexibility index (Phi) is 7.17. The molecule has 1 amide bonds. The Balaban J connectivity index is 0.00000243. The zero-order chi connectivity index (χ0) is 17.8. The van der Waals surface area contributed by atoms with E-state index in [-0.39, 0.29) is 30.2 Å². The van der Waals surface area contributed by atoms with Crippen LogP contribution in [0.25, 0.3) is 11.4 Å². The Morgan fingerprint density at radius 3 is 2.77 bits per heavy atom. The summed E-state index contributed by atoms with van der Waals surface area (Å²) in [4.78, 5) is 19.0. The third kappa shape index (κ3) is 4.43. The van der Waals surface area contributed by atoms with Gasteiger partial charge in [-0.3, -0.25) is 4.79 Å². The van der Waals surface area contributed by atoms with Crippen LogP contribution in [0.5, 0.6) is 0 Å². The van der Waals surface area contributed by atoms with E-state index >= 15 is 0 Å². The van der Waals surface area contributed by atoms with Crippen LogP contribution in [-0.4, -0.2) is 34.0 Å². The average molecular weight is 379 g/mol. The summed E-state index contributed by atoms with van der Waals surface area (Å²) >= 11 is 0. The van der Waals surface area contributed by atoms with Gasteiger partial charge >= 0.3 is 0 Å². The van der Waals surface area contributed by atoms with Crippen molar-refractivity contribution in [3.63, 3.8) is 0 Å². The minimum atomic E-state index is 0. The molecule has 1 aliphatic rings. The molecule has 1 aromatic heterocycles. The molecule has 1 saturated heterocycles. The van der Waals surface area contributed by atoms with E-state index in [0.29, 0.717) is 24.8 Å². The molecule has 1 aliphatic heterocycles. The second kappa shape index (κ2) is 9.14. The van der Waals surface area contributed by atoms with E-state index in [0.717, 1.165) is 36.9 Å². The maximum absolute atomic E-state index is 12.4. The van der Waals surface area contributed by atoms with E-state index in [2.05, 4.69) is 10.1 Å². The normalized spacial score (nSPS) is 18.3. The number of carbonyl (C=O) groups excluding carboxylic acids is 1. The van der Waals surface area contributed by atoms with Gasteiger partial charge in [-0.05, 0) is 24.8 Å². The lowest BCUT2D eigenvalue weighted by Crippen LogP contribution is -2.41. The number of carbonyl (C=O) groups is 1. The first-order valence-corrected chi connectivity index (χ1v) is 9.04. The number of amides is 1. The first kappa shape index (κ1) is 20.4. The Morgan fingerprint density at radius 1 is 1.38 bits per heavy atom. The van der Waals surface area contributed by atoms with Crippen molar-refractivity contribution in [2.75, 3.05) is 13.1 Å². The van der Waals surface area contributed by atoms with Crippen molar-refractivity contribution in [2.45, 2.75) is 45.6 Å². The molecule has 3 rings (SSSR count). The molecule has 0 radical (unpaired) electrons. The highest BCUT2D eigenvalue weighted by Gasteiger charge is 2.30. The lowest BCUT2D eigenvalue weighted by molar-refractivity contribution is -0.136. The number of rotatable bonds is 5. The maximum Gasteiger partial charge on any atom is 0.231 e. The predicted molar refractivity (Wildman–Crippen MR) is 103 cm³/mol. The molecule has 1 fully saturated rings. The lowest BCUT2D eigenvalue weighted by atomic mass is 9.96. The van der Waals surface area contributed by atoms with Crippen molar-refractivity contribution < 1.29 is 9.32 Å². The molecule has 2 heterocycles. The number of hydrogen-bond acceptors (Lipinski definition) is 5. The summed E-state index contributed by atoms with van der Waals surface area (Å²) in [5.74, 6) is 1.62. The molecular weight excluding hydrogens is 352 g/mol. The summed E-state index contributed by atoms with van der Waals surface area (Å²) in [6, 6.07) is 7.85. The van der Waals surface area contributed by atoms with Crippen molar-refractivity contribution in [1.29, 1.82) is 0 Å². The van der Waals surface area contributed by atoms with Gasteiger partial charge in [0.15, 0.2) is 0 Å². The quantitative estimate of drug-likeness (QED) is 0.862. The van der Waals surface area contributed by atoms with Gasteiger partial charge in [0.05, 0.1) is 5.92 Å². The number of nitrogens with two attached hydrogens (primary N) is 1. The van der Waals surface area contributed by atoms with Crippen LogP contribution in [0.3, 0.4) is 0 Å². The fourth-order valence-corrected chi connectivity index (χ4v) is 3.17. The van der Waals surface area contributed by atoms with Crippen molar-refractivity contribution in [2.24, 2.45) is 11.7 Å². The Bertz CT molecular complexity index is 717. The van der Waals surface area contributed by atoms with E-state index in [4.69, 9.17) is 10.3 Å².